The number of nitrogens with zero attached hydrogens (tertiary/aromatic N) is 1. The molecule has 0 aromatic carbocycles. The number of rotatable bonds is 3. The molecule has 1 atom stereocenters. The van der Waals surface area contributed by atoms with Gasteiger partial charge in [0.25, 0.3) is 5.79 Å². The minimum Gasteiger partial charge on any atom is -0.218 e. The molecule has 1 nitrogen and oxygen atoms in total. The first-order chi connectivity index (χ1) is 13.4. The van der Waals surface area contributed by atoms with Crippen molar-refractivity contribution in [3.8, 4) is 0 Å². The van der Waals surface area contributed by atoms with E-state index in [1.54, 1.807) is 0 Å². The molecule has 0 aromatic heterocycles. The second-order valence-corrected chi connectivity index (χ2v) is 5.91. The molecule has 0 aromatic rings. The van der Waals surface area contributed by atoms with Crippen LogP contribution in [-0.2, 0) is 0 Å². The van der Waals surface area contributed by atoms with Crippen molar-refractivity contribution < 1.29 is 92.2 Å². The van der Waals surface area contributed by atoms with Gasteiger partial charge in [-0.15, -0.1) is 4.90 Å². The monoisotopic (exact) mass is 533 g/mol. The largest absolute Gasteiger partial charge is 0.458 e. The maximum atomic E-state index is 14.5. The van der Waals surface area contributed by atoms with Gasteiger partial charge in [0.05, 0.1) is 0 Å². The summed E-state index contributed by atoms with van der Waals surface area (Å²) in [6.07, 6.45) is -25.9. The SMILES string of the molecule is FC(F)(F)C(F)(F)C(F)(N1C(F)(F)C(F)(F)C(F)(F)C1(F)F)C(F)(C(F)(F)F)C(F)(F)F. The molecule has 1 aliphatic rings. The first-order valence-corrected chi connectivity index (χ1v) is 6.64. The molecule has 0 aliphatic carbocycles. The Morgan fingerprint density at radius 3 is 0.844 bits per heavy atom. The molecule has 1 unspecified atom stereocenters. The molecule has 0 amide bonds. The lowest BCUT2D eigenvalue weighted by molar-refractivity contribution is -0.491. The van der Waals surface area contributed by atoms with E-state index in [4.69, 9.17) is 0 Å². The standard InChI is InChI=1S/C10F21N/c11-1(6(19,20)21,7(22,23)24)5(18,4(16,17)8(25,26)27)32-9(28,29)2(12,13)3(14,15)10(32,30)31. The van der Waals surface area contributed by atoms with Crippen molar-refractivity contribution in [3.05, 3.63) is 0 Å². The Hall–Kier alpha value is -1.51. The maximum absolute atomic E-state index is 14.5. The summed E-state index contributed by atoms with van der Waals surface area (Å²) in [6, 6.07) is -16.8. The summed E-state index contributed by atoms with van der Waals surface area (Å²) in [5.74, 6) is -34.8. The Kier molecular flexibility index (Phi) is 5.64. The van der Waals surface area contributed by atoms with Gasteiger partial charge in [0, 0.05) is 0 Å². The van der Waals surface area contributed by atoms with Gasteiger partial charge in [0.2, 0.25) is 0 Å². The first-order valence-electron chi connectivity index (χ1n) is 6.64. The molecule has 0 saturated carbocycles. The zero-order valence-electron chi connectivity index (χ0n) is 13.4. The molecule has 0 radical (unpaired) electrons. The second kappa shape index (κ2) is 6.33. The number of likely N-dealkylation sites (tertiary alicyclic amines) is 1. The van der Waals surface area contributed by atoms with E-state index >= 15 is 0 Å². The predicted octanol–water partition coefficient (Wildman–Crippen LogP) is 6.45. The van der Waals surface area contributed by atoms with Crippen molar-refractivity contribution in [1.82, 2.24) is 4.90 Å². The normalized spacial score (nSPS) is 26.2. The molecule has 1 aliphatic heterocycles. The fourth-order valence-electron chi connectivity index (χ4n) is 2.46. The van der Waals surface area contributed by atoms with E-state index in [1.807, 2.05) is 0 Å². The van der Waals surface area contributed by atoms with Crippen molar-refractivity contribution in [1.29, 1.82) is 0 Å². The van der Waals surface area contributed by atoms with E-state index in [9.17, 15) is 92.2 Å². The van der Waals surface area contributed by atoms with Gasteiger partial charge in [0.15, 0.2) is 0 Å². The highest BCUT2D eigenvalue weighted by molar-refractivity contribution is 5.25. The molecular formula is C10F21N. The van der Waals surface area contributed by atoms with Crippen LogP contribution in [0.4, 0.5) is 92.2 Å². The fourth-order valence-corrected chi connectivity index (χ4v) is 2.46. The van der Waals surface area contributed by atoms with Crippen molar-refractivity contribution in [2.24, 2.45) is 0 Å². The van der Waals surface area contributed by atoms with Gasteiger partial charge in [-0.2, -0.15) is 83.4 Å². The van der Waals surface area contributed by atoms with Crippen LogP contribution in [0.5, 0.6) is 0 Å². The topological polar surface area (TPSA) is 3.24 Å². The van der Waals surface area contributed by atoms with Gasteiger partial charge in [0.1, 0.15) is 0 Å². The number of hydrogen-bond donors (Lipinski definition) is 0. The number of halogens is 21. The Balaban J connectivity index is 4.46. The van der Waals surface area contributed by atoms with Crippen LogP contribution in [0.25, 0.3) is 0 Å². The van der Waals surface area contributed by atoms with Crippen molar-refractivity contribution in [2.45, 2.75) is 59.9 Å². The fraction of sp³-hybridized carbons (Fsp3) is 1.00. The molecule has 1 saturated heterocycles. The van der Waals surface area contributed by atoms with Crippen molar-refractivity contribution in [3.63, 3.8) is 0 Å². The number of hydrogen-bond acceptors (Lipinski definition) is 1. The van der Waals surface area contributed by atoms with Crippen LogP contribution in [0, 0.1) is 0 Å². The molecule has 1 rings (SSSR count). The summed E-state index contributed by atoms with van der Waals surface area (Å²) in [4.78, 5) is -5.08. The maximum Gasteiger partial charge on any atom is 0.458 e. The predicted molar refractivity (Wildman–Crippen MR) is 52.4 cm³/mol. The van der Waals surface area contributed by atoms with Crippen LogP contribution >= 0.6 is 0 Å². The summed E-state index contributed by atoms with van der Waals surface area (Å²) in [5.41, 5.74) is -9.25. The van der Waals surface area contributed by atoms with E-state index in [2.05, 4.69) is 0 Å². The van der Waals surface area contributed by atoms with Gasteiger partial charge >= 0.3 is 54.1 Å². The van der Waals surface area contributed by atoms with Crippen molar-refractivity contribution >= 4 is 0 Å². The van der Waals surface area contributed by atoms with Crippen LogP contribution in [0.3, 0.4) is 0 Å². The second-order valence-electron chi connectivity index (χ2n) is 5.91. The average Bonchev–Trinajstić information content (AvgIpc) is 2.55. The van der Waals surface area contributed by atoms with E-state index < -0.39 is 64.8 Å². The third-order valence-corrected chi connectivity index (χ3v) is 4.03. The van der Waals surface area contributed by atoms with Gasteiger partial charge in [-0.3, -0.25) is 0 Å². The van der Waals surface area contributed by atoms with E-state index in [0.717, 1.165) is 0 Å². The lowest BCUT2D eigenvalue weighted by atomic mass is 9.84. The molecule has 22 heteroatoms. The van der Waals surface area contributed by atoms with Crippen LogP contribution in [0.15, 0.2) is 0 Å². The van der Waals surface area contributed by atoms with Crippen LogP contribution < -0.4 is 0 Å². The van der Waals surface area contributed by atoms with Crippen molar-refractivity contribution in [2.75, 3.05) is 0 Å². The molecule has 0 bridgehead atoms. The molecule has 0 spiro atoms. The van der Waals surface area contributed by atoms with E-state index in [0.29, 0.717) is 0 Å². The molecule has 0 N–H and O–H groups in total. The smallest absolute Gasteiger partial charge is 0.218 e. The van der Waals surface area contributed by atoms with Gasteiger partial charge < -0.3 is 0 Å². The van der Waals surface area contributed by atoms with Gasteiger partial charge in [-0.25, -0.2) is 8.78 Å². The highest BCUT2D eigenvalue weighted by Gasteiger charge is 3.04. The average molecular weight is 533 g/mol. The lowest BCUT2D eigenvalue weighted by Crippen LogP contribution is -2.83. The summed E-state index contributed by atoms with van der Waals surface area (Å²) < 4.78 is 274. The molecule has 1 fully saturated rings. The quantitative estimate of drug-likeness (QED) is 0.298. The third kappa shape index (κ3) is 2.75. The summed E-state index contributed by atoms with van der Waals surface area (Å²) in [7, 11) is 0. The van der Waals surface area contributed by atoms with Gasteiger partial charge in [-0.1, -0.05) is 0 Å². The Labute approximate surface area is 158 Å². The van der Waals surface area contributed by atoms with E-state index in [1.165, 1.54) is 0 Å². The van der Waals surface area contributed by atoms with Crippen LogP contribution in [0.2, 0.25) is 0 Å². The lowest BCUT2D eigenvalue weighted by Gasteiger charge is -2.50. The molecule has 1 heterocycles. The van der Waals surface area contributed by atoms with Crippen LogP contribution in [-0.4, -0.2) is 64.8 Å². The Morgan fingerprint density at radius 1 is 0.406 bits per heavy atom. The van der Waals surface area contributed by atoms with Crippen LogP contribution in [0.1, 0.15) is 0 Å². The summed E-state index contributed by atoms with van der Waals surface area (Å²) >= 11 is 0. The number of alkyl halides is 21. The minimum absolute atomic E-state index is 5.08. The highest BCUT2D eigenvalue weighted by Crippen LogP contribution is 2.72. The Morgan fingerprint density at radius 2 is 0.656 bits per heavy atom. The molecular weight excluding hydrogens is 533 g/mol. The summed E-state index contributed by atoms with van der Waals surface area (Å²) in [5, 5.41) is 0. The van der Waals surface area contributed by atoms with Gasteiger partial charge in [-0.05, 0) is 0 Å². The molecule has 192 valence electrons. The first kappa shape index (κ1) is 28.5. The minimum atomic E-state index is -9.44. The third-order valence-electron chi connectivity index (χ3n) is 4.03. The zero-order valence-corrected chi connectivity index (χ0v) is 13.4. The van der Waals surface area contributed by atoms with E-state index in [-0.39, 0.29) is 0 Å². The zero-order chi connectivity index (χ0) is 26.6. The Bertz CT molecular complexity index is 697. The summed E-state index contributed by atoms with van der Waals surface area (Å²) in [6.45, 7) is 0. The highest BCUT2D eigenvalue weighted by atomic mass is 19.4. The molecule has 32 heavy (non-hydrogen) atoms.